The van der Waals surface area contributed by atoms with Gasteiger partial charge in [-0.3, -0.25) is 0 Å². The van der Waals surface area contributed by atoms with Crippen LogP contribution in [0.1, 0.15) is 33.1 Å². The molecule has 1 aliphatic heterocycles. The number of rotatable bonds is 5. The highest BCUT2D eigenvalue weighted by Crippen LogP contribution is 2.18. The molecule has 0 radical (unpaired) electrons. The van der Waals surface area contributed by atoms with Gasteiger partial charge in [0.25, 0.3) is 0 Å². The second kappa shape index (κ2) is 6.70. The van der Waals surface area contributed by atoms with Crippen LogP contribution in [0.2, 0.25) is 0 Å². The van der Waals surface area contributed by atoms with Crippen molar-refractivity contribution in [2.45, 2.75) is 45.2 Å². The summed E-state index contributed by atoms with van der Waals surface area (Å²) in [4.78, 5) is 0. The van der Waals surface area contributed by atoms with Crippen molar-refractivity contribution >= 4 is 11.8 Å². The van der Waals surface area contributed by atoms with Gasteiger partial charge in [0.05, 0.1) is 6.61 Å². The van der Waals surface area contributed by atoms with Gasteiger partial charge in [-0.05, 0) is 30.9 Å². The van der Waals surface area contributed by atoms with Gasteiger partial charge in [0.15, 0.2) is 0 Å². The van der Waals surface area contributed by atoms with Crippen LogP contribution >= 0.6 is 11.8 Å². The second-order valence-electron chi connectivity index (χ2n) is 4.59. The molecule has 14 heavy (non-hydrogen) atoms. The minimum Gasteiger partial charge on any atom is -0.395 e. The lowest BCUT2D eigenvalue weighted by atomic mass is 10.0. The third kappa shape index (κ3) is 4.67. The van der Waals surface area contributed by atoms with E-state index in [1.165, 1.54) is 24.3 Å². The number of hydrogen-bond donors (Lipinski definition) is 2. The minimum absolute atomic E-state index is 0.277. The van der Waals surface area contributed by atoms with Crippen LogP contribution in [0, 0.1) is 5.92 Å². The van der Waals surface area contributed by atoms with Gasteiger partial charge >= 0.3 is 0 Å². The Kier molecular flexibility index (Phi) is 5.90. The van der Waals surface area contributed by atoms with Crippen LogP contribution in [0.3, 0.4) is 0 Å². The third-order valence-corrected chi connectivity index (χ3v) is 3.82. The lowest BCUT2D eigenvalue weighted by Gasteiger charge is -2.28. The average molecular weight is 217 g/mol. The second-order valence-corrected chi connectivity index (χ2v) is 5.74. The first-order valence-electron chi connectivity index (χ1n) is 5.67. The maximum absolute atomic E-state index is 9.24. The van der Waals surface area contributed by atoms with Crippen molar-refractivity contribution in [3.05, 3.63) is 0 Å². The van der Waals surface area contributed by atoms with E-state index in [-0.39, 0.29) is 6.61 Å². The molecule has 0 aliphatic carbocycles. The van der Waals surface area contributed by atoms with Crippen molar-refractivity contribution in [3.63, 3.8) is 0 Å². The van der Waals surface area contributed by atoms with Crippen molar-refractivity contribution in [1.29, 1.82) is 0 Å². The van der Waals surface area contributed by atoms with E-state index in [1.54, 1.807) is 0 Å². The minimum atomic E-state index is 0.277. The van der Waals surface area contributed by atoms with E-state index < -0.39 is 0 Å². The molecule has 1 rings (SSSR count). The Morgan fingerprint density at radius 3 is 2.79 bits per heavy atom. The molecule has 2 nitrogen and oxygen atoms in total. The maximum atomic E-state index is 9.24. The van der Waals surface area contributed by atoms with Crippen molar-refractivity contribution in [2.24, 2.45) is 5.92 Å². The number of hydrogen-bond acceptors (Lipinski definition) is 3. The molecule has 2 atom stereocenters. The van der Waals surface area contributed by atoms with Gasteiger partial charge in [0.2, 0.25) is 0 Å². The van der Waals surface area contributed by atoms with E-state index in [9.17, 15) is 5.11 Å². The van der Waals surface area contributed by atoms with Gasteiger partial charge in [-0.2, -0.15) is 11.8 Å². The Morgan fingerprint density at radius 2 is 2.29 bits per heavy atom. The maximum Gasteiger partial charge on any atom is 0.0584 e. The first-order chi connectivity index (χ1) is 6.72. The van der Waals surface area contributed by atoms with Crippen LogP contribution in [0.25, 0.3) is 0 Å². The van der Waals surface area contributed by atoms with Crippen LogP contribution in [0.4, 0.5) is 0 Å². The molecule has 3 heteroatoms. The normalized spacial score (nSPS) is 25.3. The molecule has 0 bridgehead atoms. The smallest absolute Gasteiger partial charge is 0.0584 e. The Balaban J connectivity index is 2.23. The molecule has 1 saturated heterocycles. The lowest BCUT2D eigenvalue weighted by Crippen LogP contribution is -2.43. The summed E-state index contributed by atoms with van der Waals surface area (Å²) in [6, 6.07) is 0.934. The summed E-state index contributed by atoms with van der Waals surface area (Å²) in [5.74, 6) is 3.19. The topological polar surface area (TPSA) is 32.3 Å². The van der Waals surface area contributed by atoms with Gasteiger partial charge in [-0.25, -0.2) is 0 Å². The molecule has 0 unspecified atom stereocenters. The van der Waals surface area contributed by atoms with Crippen LogP contribution in [-0.2, 0) is 0 Å². The van der Waals surface area contributed by atoms with Crippen LogP contribution in [-0.4, -0.2) is 35.3 Å². The summed E-state index contributed by atoms with van der Waals surface area (Å²) in [6.07, 6.45) is 3.68. The zero-order chi connectivity index (χ0) is 10.4. The zero-order valence-electron chi connectivity index (χ0n) is 9.33. The van der Waals surface area contributed by atoms with Gasteiger partial charge in [0, 0.05) is 17.8 Å². The zero-order valence-corrected chi connectivity index (χ0v) is 10.1. The van der Waals surface area contributed by atoms with Gasteiger partial charge < -0.3 is 10.4 Å². The highest BCUT2D eigenvalue weighted by molar-refractivity contribution is 7.99. The molecule has 0 aromatic heterocycles. The Labute approximate surface area is 91.9 Å². The van der Waals surface area contributed by atoms with Crippen molar-refractivity contribution in [3.8, 4) is 0 Å². The summed E-state index contributed by atoms with van der Waals surface area (Å²) in [5, 5.41) is 12.8. The molecule has 84 valence electrons. The predicted molar refractivity (Wildman–Crippen MR) is 63.8 cm³/mol. The molecular weight excluding hydrogens is 194 g/mol. The highest BCUT2D eigenvalue weighted by atomic mass is 32.2. The summed E-state index contributed by atoms with van der Waals surface area (Å²) < 4.78 is 0. The quantitative estimate of drug-likeness (QED) is 0.737. The summed E-state index contributed by atoms with van der Waals surface area (Å²) in [7, 11) is 0. The molecule has 1 heterocycles. The Bertz CT molecular complexity index is 146. The molecule has 1 fully saturated rings. The number of aliphatic hydroxyl groups is 1. The average Bonchev–Trinajstić information content (AvgIpc) is 2.17. The van der Waals surface area contributed by atoms with E-state index in [2.05, 4.69) is 19.2 Å². The Morgan fingerprint density at radius 1 is 1.50 bits per heavy atom. The molecule has 0 amide bonds. The fraction of sp³-hybridized carbons (Fsp3) is 1.00. The number of nitrogens with one attached hydrogen (secondary N) is 1. The molecule has 0 aromatic carbocycles. The van der Waals surface area contributed by atoms with E-state index in [1.807, 2.05) is 11.8 Å². The molecule has 2 N–H and O–H groups in total. The third-order valence-electron chi connectivity index (χ3n) is 2.61. The molecular formula is C11H23NOS. The molecule has 0 aromatic rings. The van der Waals surface area contributed by atoms with Crippen LogP contribution < -0.4 is 5.32 Å². The molecule has 1 aliphatic rings. The fourth-order valence-corrected chi connectivity index (χ4v) is 3.05. The standard InChI is InChI=1S/C11H23NOS/c1-9(2)6-11(7-13)12-10-4-3-5-14-8-10/h9-13H,3-8H2,1-2H3/t10-,11-/m0/s1. The highest BCUT2D eigenvalue weighted by Gasteiger charge is 2.18. The van der Waals surface area contributed by atoms with Gasteiger partial charge in [0.1, 0.15) is 0 Å². The largest absolute Gasteiger partial charge is 0.395 e. The van der Waals surface area contributed by atoms with Crippen molar-refractivity contribution in [2.75, 3.05) is 18.1 Å². The monoisotopic (exact) mass is 217 g/mol. The van der Waals surface area contributed by atoms with E-state index in [0.717, 1.165) is 6.42 Å². The van der Waals surface area contributed by atoms with E-state index in [0.29, 0.717) is 18.0 Å². The van der Waals surface area contributed by atoms with Crippen LogP contribution in [0.5, 0.6) is 0 Å². The number of thioether (sulfide) groups is 1. The van der Waals surface area contributed by atoms with Crippen molar-refractivity contribution < 1.29 is 5.11 Å². The molecule has 0 spiro atoms. The van der Waals surface area contributed by atoms with Crippen LogP contribution in [0.15, 0.2) is 0 Å². The first kappa shape index (κ1) is 12.3. The Hall–Kier alpha value is 0.270. The molecule has 0 saturated carbocycles. The first-order valence-corrected chi connectivity index (χ1v) is 6.82. The summed E-state index contributed by atoms with van der Waals surface area (Å²) in [6.45, 7) is 4.69. The summed E-state index contributed by atoms with van der Waals surface area (Å²) >= 11 is 2.03. The fourth-order valence-electron chi connectivity index (χ4n) is 1.97. The van der Waals surface area contributed by atoms with Crippen molar-refractivity contribution in [1.82, 2.24) is 5.32 Å². The van der Waals surface area contributed by atoms with E-state index in [4.69, 9.17) is 0 Å². The van der Waals surface area contributed by atoms with E-state index >= 15 is 0 Å². The predicted octanol–water partition coefficient (Wildman–Crippen LogP) is 1.88. The number of aliphatic hydroxyl groups excluding tert-OH is 1. The van der Waals surface area contributed by atoms with Gasteiger partial charge in [-0.1, -0.05) is 13.8 Å². The summed E-state index contributed by atoms with van der Waals surface area (Å²) in [5.41, 5.74) is 0. The lowest BCUT2D eigenvalue weighted by molar-refractivity contribution is 0.213. The van der Waals surface area contributed by atoms with Gasteiger partial charge in [-0.15, -0.1) is 0 Å². The SMILES string of the molecule is CC(C)C[C@@H](CO)N[C@H]1CCCSC1.